The molecule has 7 nitrogen and oxygen atoms in total. The van der Waals surface area contributed by atoms with Gasteiger partial charge in [-0.05, 0) is 29.7 Å². The quantitative estimate of drug-likeness (QED) is 0.443. The van der Waals surface area contributed by atoms with Gasteiger partial charge in [-0.3, -0.25) is 9.59 Å². The van der Waals surface area contributed by atoms with Crippen LogP contribution in [-0.2, 0) is 14.3 Å². The van der Waals surface area contributed by atoms with Crippen molar-refractivity contribution in [2.24, 2.45) is 5.10 Å². The third-order valence-corrected chi connectivity index (χ3v) is 4.03. The molecule has 1 atom stereocenters. The number of hydrogen-bond donors (Lipinski definition) is 3. The number of aromatic hydroxyl groups is 1. The molecule has 1 fully saturated rings. The molecular weight excluding hydrogens is 322 g/mol. The van der Waals surface area contributed by atoms with Gasteiger partial charge in [0.15, 0.2) is 0 Å². The number of benzene rings is 2. The first kappa shape index (κ1) is 16.9. The fourth-order valence-corrected chi connectivity index (χ4v) is 2.72. The lowest BCUT2D eigenvalue weighted by atomic mass is 10.0. The number of carbonyl (C=O) groups is 2. The van der Waals surface area contributed by atoms with E-state index >= 15 is 0 Å². The Hall–Kier alpha value is -2.93. The first-order valence-electron chi connectivity index (χ1n) is 8.08. The van der Waals surface area contributed by atoms with Crippen LogP contribution in [0.25, 0.3) is 10.8 Å². The van der Waals surface area contributed by atoms with Crippen LogP contribution < -0.4 is 10.7 Å². The molecule has 1 aliphatic rings. The van der Waals surface area contributed by atoms with Crippen molar-refractivity contribution in [1.82, 2.24) is 10.7 Å². The van der Waals surface area contributed by atoms with E-state index in [0.29, 0.717) is 18.7 Å². The molecular formula is C18H19N3O4. The van der Waals surface area contributed by atoms with Crippen molar-refractivity contribution in [3.63, 3.8) is 0 Å². The highest BCUT2D eigenvalue weighted by Crippen LogP contribution is 2.25. The molecule has 2 aromatic carbocycles. The van der Waals surface area contributed by atoms with Gasteiger partial charge in [-0.15, -0.1) is 0 Å². The molecule has 7 heteroatoms. The lowest BCUT2D eigenvalue weighted by molar-refractivity contribution is -0.139. The number of phenols is 1. The largest absolute Gasteiger partial charge is 0.507 e. The van der Waals surface area contributed by atoms with Gasteiger partial charge in [-0.1, -0.05) is 30.3 Å². The third-order valence-electron chi connectivity index (χ3n) is 4.03. The van der Waals surface area contributed by atoms with Crippen molar-refractivity contribution in [2.45, 2.75) is 18.9 Å². The summed E-state index contributed by atoms with van der Waals surface area (Å²) >= 11 is 0. The molecule has 0 unspecified atom stereocenters. The second-order valence-corrected chi connectivity index (χ2v) is 5.76. The third kappa shape index (κ3) is 4.13. The molecule has 1 aliphatic heterocycles. The van der Waals surface area contributed by atoms with Crippen LogP contribution in [0.4, 0.5) is 0 Å². The Morgan fingerprint density at radius 2 is 2.08 bits per heavy atom. The topological polar surface area (TPSA) is 100 Å². The zero-order valence-electron chi connectivity index (χ0n) is 13.6. The summed E-state index contributed by atoms with van der Waals surface area (Å²) in [6.45, 7) is 0.992. The maximum atomic E-state index is 11.7. The summed E-state index contributed by atoms with van der Waals surface area (Å²) < 4.78 is 5.37. The Morgan fingerprint density at radius 3 is 2.88 bits per heavy atom. The lowest BCUT2D eigenvalue weighted by Gasteiger charge is -2.09. The fourth-order valence-electron chi connectivity index (χ4n) is 2.72. The number of phenolic OH excluding ortho intramolecular Hbond substituents is 1. The van der Waals surface area contributed by atoms with E-state index in [1.54, 1.807) is 12.1 Å². The van der Waals surface area contributed by atoms with Crippen molar-refractivity contribution in [1.29, 1.82) is 0 Å². The first-order valence-corrected chi connectivity index (χ1v) is 8.08. The summed E-state index contributed by atoms with van der Waals surface area (Å²) in [5.74, 6) is -1.59. The molecule has 130 valence electrons. The number of ether oxygens (including phenoxy) is 1. The Kier molecular flexibility index (Phi) is 5.25. The van der Waals surface area contributed by atoms with Crippen molar-refractivity contribution < 1.29 is 19.4 Å². The predicted octanol–water partition coefficient (Wildman–Crippen LogP) is 1.29. The molecule has 1 saturated heterocycles. The highest BCUT2D eigenvalue weighted by Gasteiger charge is 2.19. The molecule has 0 bridgehead atoms. The second-order valence-electron chi connectivity index (χ2n) is 5.76. The monoisotopic (exact) mass is 341 g/mol. The van der Waals surface area contributed by atoms with Gasteiger partial charge in [0.1, 0.15) is 5.75 Å². The van der Waals surface area contributed by atoms with Crippen LogP contribution in [0, 0.1) is 0 Å². The molecule has 0 spiro atoms. The van der Waals surface area contributed by atoms with Crippen molar-refractivity contribution in [3.8, 4) is 5.75 Å². The zero-order valence-corrected chi connectivity index (χ0v) is 13.6. The Labute approximate surface area is 144 Å². The standard InChI is InChI=1S/C18H19N3O4/c22-16-8-7-12-4-1-2-6-14(12)15(16)11-20-21-18(24)17(23)19-10-13-5-3-9-25-13/h1-2,4,6-8,11,13,22H,3,5,9-10H2,(H,19,23)(H,21,24)/b20-11+/t13-/m0/s1. The van der Waals surface area contributed by atoms with Crippen LogP contribution in [0.1, 0.15) is 18.4 Å². The number of nitrogens with zero attached hydrogens (tertiary/aromatic N) is 1. The molecule has 0 aromatic heterocycles. The van der Waals surface area contributed by atoms with Gasteiger partial charge in [0, 0.05) is 18.7 Å². The zero-order chi connectivity index (χ0) is 17.6. The number of carbonyl (C=O) groups excluding carboxylic acids is 2. The predicted molar refractivity (Wildman–Crippen MR) is 93.3 cm³/mol. The highest BCUT2D eigenvalue weighted by molar-refractivity contribution is 6.35. The summed E-state index contributed by atoms with van der Waals surface area (Å²) in [6, 6.07) is 10.8. The number of nitrogens with one attached hydrogen (secondary N) is 2. The van der Waals surface area contributed by atoms with Crippen LogP contribution in [0.5, 0.6) is 5.75 Å². The van der Waals surface area contributed by atoms with Gasteiger partial charge in [-0.2, -0.15) is 5.10 Å². The summed E-state index contributed by atoms with van der Waals surface area (Å²) in [7, 11) is 0. The number of fused-ring (bicyclic) bond motifs is 1. The van der Waals surface area contributed by atoms with E-state index in [1.807, 2.05) is 24.3 Å². The number of amides is 2. The summed E-state index contributed by atoms with van der Waals surface area (Å²) in [5.41, 5.74) is 2.64. The molecule has 2 aromatic rings. The van der Waals surface area contributed by atoms with Crippen LogP contribution in [0.3, 0.4) is 0 Å². The van der Waals surface area contributed by atoms with Crippen LogP contribution in [0.15, 0.2) is 41.5 Å². The van der Waals surface area contributed by atoms with Gasteiger partial charge in [0.25, 0.3) is 0 Å². The highest BCUT2D eigenvalue weighted by atomic mass is 16.5. The molecule has 0 saturated carbocycles. The fraction of sp³-hybridized carbons (Fsp3) is 0.278. The van der Waals surface area contributed by atoms with Crippen LogP contribution in [-0.4, -0.2) is 42.4 Å². The summed E-state index contributed by atoms with van der Waals surface area (Å²) in [5, 5.41) is 18.0. The summed E-state index contributed by atoms with van der Waals surface area (Å²) in [4.78, 5) is 23.5. The number of hydrogen-bond acceptors (Lipinski definition) is 5. The normalized spacial score (nSPS) is 17.0. The maximum Gasteiger partial charge on any atom is 0.329 e. The Bertz CT molecular complexity index is 813. The molecule has 25 heavy (non-hydrogen) atoms. The van der Waals surface area contributed by atoms with Crippen LogP contribution in [0.2, 0.25) is 0 Å². The average molecular weight is 341 g/mol. The van der Waals surface area contributed by atoms with Crippen molar-refractivity contribution >= 4 is 28.8 Å². The molecule has 2 amide bonds. The van der Waals surface area contributed by atoms with Gasteiger partial charge in [-0.25, -0.2) is 5.43 Å². The second kappa shape index (κ2) is 7.76. The Balaban J connectivity index is 1.60. The van der Waals surface area contributed by atoms with Crippen molar-refractivity contribution in [3.05, 3.63) is 42.0 Å². The van der Waals surface area contributed by atoms with Gasteiger partial charge >= 0.3 is 11.8 Å². The smallest absolute Gasteiger partial charge is 0.329 e. The van der Waals surface area contributed by atoms with E-state index < -0.39 is 11.8 Å². The molecule has 3 N–H and O–H groups in total. The lowest BCUT2D eigenvalue weighted by Crippen LogP contribution is -2.41. The number of hydrazone groups is 1. The van der Waals surface area contributed by atoms with E-state index in [0.717, 1.165) is 23.6 Å². The minimum absolute atomic E-state index is 0.0344. The van der Waals surface area contributed by atoms with E-state index in [9.17, 15) is 14.7 Å². The van der Waals surface area contributed by atoms with E-state index in [2.05, 4.69) is 15.8 Å². The molecule has 0 radical (unpaired) electrons. The molecule has 1 heterocycles. The molecule has 0 aliphatic carbocycles. The van der Waals surface area contributed by atoms with Gasteiger partial charge in [0.05, 0.1) is 12.3 Å². The van der Waals surface area contributed by atoms with E-state index in [4.69, 9.17) is 4.74 Å². The van der Waals surface area contributed by atoms with E-state index in [-0.39, 0.29) is 11.9 Å². The first-order chi connectivity index (χ1) is 12.1. The summed E-state index contributed by atoms with van der Waals surface area (Å²) in [6.07, 6.45) is 3.13. The van der Waals surface area contributed by atoms with Gasteiger partial charge < -0.3 is 15.2 Å². The minimum atomic E-state index is -0.867. The maximum absolute atomic E-state index is 11.7. The SMILES string of the molecule is O=C(NC[C@@H]1CCCO1)C(=O)N/N=C/c1c(O)ccc2ccccc12. The average Bonchev–Trinajstić information content (AvgIpc) is 3.15. The molecule has 3 rings (SSSR count). The minimum Gasteiger partial charge on any atom is -0.507 e. The Morgan fingerprint density at radius 1 is 1.24 bits per heavy atom. The van der Waals surface area contributed by atoms with Crippen molar-refractivity contribution in [2.75, 3.05) is 13.2 Å². The van der Waals surface area contributed by atoms with E-state index in [1.165, 1.54) is 6.21 Å². The van der Waals surface area contributed by atoms with Crippen LogP contribution >= 0.6 is 0 Å². The van der Waals surface area contributed by atoms with Gasteiger partial charge in [0.2, 0.25) is 0 Å². The number of rotatable bonds is 4.